The minimum absolute atomic E-state index is 0.411. The molecule has 0 fully saturated rings. The zero-order chi connectivity index (χ0) is 11.1. The smallest absolute Gasteiger partial charge is 0.329 e. The van der Waals surface area contributed by atoms with Crippen LogP contribution in [0.5, 0.6) is 0 Å². The topological polar surface area (TPSA) is 92.8 Å². The normalized spacial score (nSPS) is 28.0. The van der Waals surface area contributed by atoms with E-state index in [1.165, 1.54) is 0 Å². The summed E-state index contributed by atoms with van der Waals surface area (Å²) in [5.74, 6) is -2.16. The van der Waals surface area contributed by atoms with Crippen LogP contribution in [0, 0.1) is 5.41 Å². The van der Waals surface area contributed by atoms with Crippen LogP contribution in [0.4, 0.5) is 0 Å². The number of carboxylic acid groups (broad SMARTS) is 1. The van der Waals surface area contributed by atoms with Crippen molar-refractivity contribution in [1.29, 1.82) is 0 Å². The van der Waals surface area contributed by atoms with Crippen LogP contribution in [0.1, 0.15) is 12.8 Å². The average molecular weight is 206 g/mol. The third-order valence-electron chi connectivity index (χ3n) is 2.71. The number of nitrogens with zero attached hydrogens (tertiary/aromatic N) is 1. The molecule has 0 bridgehead atoms. The molecular weight excluding hydrogens is 196 g/mol. The van der Waals surface area contributed by atoms with Crippen LogP contribution in [0.3, 0.4) is 0 Å². The lowest BCUT2D eigenvalue weighted by Gasteiger charge is -2.21. The third-order valence-corrected chi connectivity index (χ3v) is 2.71. The van der Waals surface area contributed by atoms with Crippen LogP contribution in [-0.4, -0.2) is 23.2 Å². The molecule has 0 aromatic carbocycles. The second kappa shape index (κ2) is 3.05. The monoisotopic (exact) mass is 206 g/mol. The standard InChI is InChI=1S/C10H10N2O3/c11-8(13)10(9(14)15)5-12-7-4-2-1-3-6(7)10/h1,3,5H,2,4H2,(H2,11,13)(H,14,15). The van der Waals surface area contributed by atoms with Gasteiger partial charge in [0.1, 0.15) is 0 Å². The van der Waals surface area contributed by atoms with Crippen molar-refractivity contribution in [2.75, 3.05) is 0 Å². The zero-order valence-electron chi connectivity index (χ0n) is 7.93. The highest BCUT2D eigenvalue weighted by Crippen LogP contribution is 2.38. The van der Waals surface area contributed by atoms with E-state index in [2.05, 4.69) is 4.99 Å². The van der Waals surface area contributed by atoms with E-state index in [9.17, 15) is 9.59 Å². The number of hydrogen-bond acceptors (Lipinski definition) is 3. The number of nitrogens with two attached hydrogens (primary N) is 1. The first-order valence-electron chi connectivity index (χ1n) is 4.57. The van der Waals surface area contributed by atoms with E-state index < -0.39 is 17.3 Å². The number of primary amides is 1. The summed E-state index contributed by atoms with van der Waals surface area (Å²) in [5, 5.41) is 9.11. The van der Waals surface area contributed by atoms with Crippen LogP contribution in [0.25, 0.3) is 0 Å². The number of aliphatic carboxylic acids is 1. The highest BCUT2D eigenvalue weighted by atomic mass is 16.4. The maximum absolute atomic E-state index is 11.3. The van der Waals surface area contributed by atoms with Crippen molar-refractivity contribution >= 4 is 18.1 Å². The van der Waals surface area contributed by atoms with Gasteiger partial charge < -0.3 is 10.8 Å². The molecule has 5 nitrogen and oxygen atoms in total. The quantitative estimate of drug-likeness (QED) is 0.633. The SMILES string of the molecule is NC(=O)C1(C(=O)O)C=NC2=C1C=CCC2. The summed E-state index contributed by atoms with van der Waals surface area (Å²) in [7, 11) is 0. The third kappa shape index (κ3) is 1.12. The van der Waals surface area contributed by atoms with Gasteiger partial charge in [0.15, 0.2) is 0 Å². The Morgan fingerprint density at radius 2 is 2.27 bits per heavy atom. The molecule has 0 radical (unpaired) electrons. The van der Waals surface area contributed by atoms with Gasteiger partial charge in [-0.25, -0.2) is 0 Å². The molecule has 5 heteroatoms. The van der Waals surface area contributed by atoms with Crippen molar-refractivity contribution < 1.29 is 14.7 Å². The molecule has 1 unspecified atom stereocenters. The molecule has 1 atom stereocenters. The van der Waals surface area contributed by atoms with Crippen LogP contribution >= 0.6 is 0 Å². The Balaban J connectivity index is 2.58. The van der Waals surface area contributed by atoms with Gasteiger partial charge in [0.2, 0.25) is 11.3 Å². The second-order valence-electron chi connectivity index (χ2n) is 3.54. The van der Waals surface area contributed by atoms with E-state index in [0.29, 0.717) is 17.7 Å². The Morgan fingerprint density at radius 3 is 2.87 bits per heavy atom. The van der Waals surface area contributed by atoms with E-state index in [1.807, 2.05) is 6.08 Å². The van der Waals surface area contributed by atoms with Crippen molar-refractivity contribution in [2.45, 2.75) is 12.8 Å². The maximum Gasteiger partial charge on any atom is 0.329 e. The number of carboxylic acids is 1. The van der Waals surface area contributed by atoms with Crippen molar-refractivity contribution in [3.8, 4) is 0 Å². The van der Waals surface area contributed by atoms with E-state index in [0.717, 1.165) is 12.6 Å². The molecule has 15 heavy (non-hydrogen) atoms. The van der Waals surface area contributed by atoms with E-state index in [-0.39, 0.29) is 0 Å². The average Bonchev–Trinajstić information content (AvgIpc) is 2.57. The Labute approximate surface area is 86.0 Å². The summed E-state index contributed by atoms with van der Waals surface area (Å²) >= 11 is 0. The van der Waals surface area contributed by atoms with Gasteiger partial charge >= 0.3 is 5.97 Å². The number of allylic oxidation sites excluding steroid dienone is 3. The Bertz CT molecular complexity index is 418. The predicted molar refractivity (Wildman–Crippen MR) is 53.2 cm³/mol. The Morgan fingerprint density at radius 1 is 1.53 bits per heavy atom. The van der Waals surface area contributed by atoms with Gasteiger partial charge in [-0.1, -0.05) is 12.2 Å². The van der Waals surface area contributed by atoms with Crippen molar-refractivity contribution in [3.05, 3.63) is 23.4 Å². The fourth-order valence-corrected chi connectivity index (χ4v) is 1.86. The van der Waals surface area contributed by atoms with Crippen molar-refractivity contribution in [1.82, 2.24) is 0 Å². The molecule has 1 amide bonds. The molecular formula is C10H10N2O3. The summed E-state index contributed by atoms with van der Waals surface area (Å²) in [6, 6.07) is 0. The lowest BCUT2D eigenvalue weighted by Crippen LogP contribution is -2.45. The lowest BCUT2D eigenvalue weighted by atomic mass is 9.79. The Kier molecular flexibility index (Phi) is 1.96. The molecule has 0 aromatic heterocycles. The lowest BCUT2D eigenvalue weighted by molar-refractivity contribution is -0.147. The molecule has 1 aliphatic carbocycles. The zero-order valence-corrected chi connectivity index (χ0v) is 7.93. The summed E-state index contributed by atoms with van der Waals surface area (Å²) in [4.78, 5) is 26.4. The fourth-order valence-electron chi connectivity index (χ4n) is 1.86. The number of amides is 1. The minimum Gasteiger partial charge on any atom is -0.480 e. The number of rotatable bonds is 2. The van der Waals surface area contributed by atoms with Gasteiger partial charge in [-0.3, -0.25) is 14.6 Å². The maximum atomic E-state index is 11.3. The molecule has 0 spiro atoms. The van der Waals surface area contributed by atoms with Crippen molar-refractivity contribution in [2.24, 2.45) is 16.1 Å². The summed E-state index contributed by atoms with van der Waals surface area (Å²) in [6.07, 6.45) is 6.06. The molecule has 2 rings (SSSR count). The van der Waals surface area contributed by atoms with Gasteiger partial charge in [0.25, 0.3) is 0 Å². The molecule has 3 N–H and O–H groups in total. The fraction of sp³-hybridized carbons (Fsp3) is 0.300. The van der Waals surface area contributed by atoms with Crippen LogP contribution < -0.4 is 5.73 Å². The van der Waals surface area contributed by atoms with E-state index in [1.54, 1.807) is 6.08 Å². The van der Waals surface area contributed by atoms with Crippen LogP contribution in [-0.2, 0) is 9.59 Å². The predicted octanol–water partition coefficient (Wildman–Crippen LogP) is 0.231. The van der Waals surface area contributed by atoms with Crippen LogP contribution in [0.2, 0.25) is 0 Å². The summed E-state index contributed by atoms with van der Waals surface area (Å²) in [6.45, 7) is 0. The molecule has 1 heterocycles. The van der Waals surface area contributed by atoms with Gasteiger partial charge in [-0.05, 0) is 12.8 Å². The number of hydrogen-bond donors (Lipinski definition) is 2. The summed E-state index contributed by atoms with van der Waals surface area (Å²) < 4.78 is 0. The Hall–Kier alpha value is -1.91. The summed E-state index contributed by atoms with van der Waals surface area (Å²) in [5.41, 5.74) is 4.47. The van der Waals surface area contributed by atoms with Gasteiger partial charge in [-0.15, -0.1) is 0 Å². The minimum atomic E-state index is -1.76. The second-order valence-corrected chi connectivity index (χ2v) is 3.54. The van der Waals surface area contributed by atoms with Gasteiger partial charge in [0.05, 0.1) is 0 Å². The van der Waals surface area contributed by atoms with Crippen LogP contribution in [0.15, 0.2) is 28.4 Å². The number of carbonyl (C=O) groups excluding carboxylic acids is 1. The van der Waals surface area contributed by atoms with Crippen molar-refractivity contribution in [3.63, 3.8) is 0 Å². The van der Waals surface area contributed by atoms with Gasteiger partial charge in [0, 0.05) is 17.5 Å². The molecule has 0 saturated carbocycles. The molecule has 0 saturated heterocycles. The first-order valence-corrected chi connectivity index (χ1v) is 4.57. The molecule has 2 aliphatic rings. The highest BCUT2D eigenvalue weighted by molar-refractivity contribution is 6.20. The molecule has 1 aliphatic heterocycles. The van der Waals surface area contributed by atoms with E-state index in [4.69, 9.17) is 10.8 Å². The number of carbonyl (C=O) groups is 2. The first kappa shape index (κ1) is 9.64. The largest absolute Gasteiger partial charge is 0.480 e. The number of aliphatic imine (C=N–C) groups is 1. The first-order chi connectivity index (χ1) is 7.09. The molecule has 0 aromatic rings. The van der Waals surface area contributed by atoms with Gasteiger partial charge in [-0.2, -0.15) is 0 Å². The highest BCUT2D eigenvalue weighted by Gasteiger charge is 2.50. The molecule has 78 valence electrons. The van der Waals surface area contributed by atoms with E-state index >= 15 is 0 Å².